The van der Waals surface area contributed by atoms with Gasteiger partial charge in [0, 0.05) is 12.1 Å². The van der Waals surface area contributed by atoms with Crippen molar-refractivity contribution in [2.45, 2.75) is 77.8 Å². The Balaban J connectivity index is 1.70. The van der Waals surface area contributed by atoms with Crippen molar-refractivity contribution in [1.29, 1.82) is 0 Å². The molecule has 2 atom stereocenters. The van der Waals surface area contributed by atoms with Gasteiger partial charge in [-0.25, -0.2) is 0 Å². The predicted octanol–water partition coefficient (Wildman–Crippen LogP) is 3.67. The van der Waals surface area contributed by atoms with Crippen LogP contribution in [0.5, 0.6) is 0 Å². The summed E-state index contributed by atoms with van der Waals surface area (Å²) in [7, 11) is 0. The summed E-state index contributed by atoms with van der Waals surface area (Å²) in [4.78, 5) is 2.81. The van der Waals surface area contributed by atoms with Gasteiger partial charge in [-0.2, -0.15) is 0 Å². The molecule has 1 aliphatic heterocycles. The topological polar surface area (TPSA) is 15.3 Å². The van der Waals surface area contributed by atoms with Gasteiger partial charge in [0.1, 0.15) is 0 Å². The molecule has 2 aliphatic rings. The van der Waals surface area contributed by atoms with Crippen LogP contribution in [0.25, 0.3) is 0 Å². The number of nitrogens with zero attached hydrogens (tertiary/aromatic N) is 1. The van der Waals surface area contributed by atoms with E-state index < -0.39 is 0 Å². The number of hydrogen-bond acceptors (Lipinski definition) is 2. The largest absolute Gasteiger partial charge is 0.314 e. The summed E-state index contributed by atoms with van der Waals surface area (Å²) in [5, 5.41) is 3.61. The lowest BCUT2D eigenvalue weighted by Crippen LogP contribution is -2.45. The molecule has 1 saturated heterocycles. The van der Waals surface area contributed by atoms with Crippen molar-refractivity contribution in [3.63, 3.8) is 0 Å². The molecule has 1 aliphatic carbocycles. The molecule has 1 saturated carbocycles. The van der Waals surface area contributed by atoms with Crippen LogP contribution in [0.1, 0.15) is 65.7 Å². The van der Waals surface area contributed by atoms with E-state index in [1.165, 1.54) is 64.6 Å². The Bertz CT molecular complexity index is 244. The van der Waals surface area contributed by atoms with Gasteiger partial charge in [-0.3, -0.25) is 0 Å². The van der Waals surface area contributed by atoms with Crippen LogP contribution in [-0.4, -0.2) is 36.6 Å². The molecule has 0 amide bonds. The van der Waals surface area contributed by atoms with E-state index in [4.69, 9.17) is 0 Å². The van der Waals surface area contributed by atoms with E-state index in [1.807, 2.05) is 0 Å². The molecule has 0 aromatic heterocycles. The van der Waals surface area contributed by atoms with E-state index in [0.717, 1.165) is 17.9 Å². The van der Waals surface area contributed by atoms with Gasteiger partial charge in [-0.1, -0.05) is 40.0 Å². The molecular formula is C17H34N2. The molecule has 1 N–H and O–H groups in total. The van der Waals surface area contributed by atoms with Crippen molar-refractivity contribution in [3.05, 3.63) is 0 Å². The minimum Gasteiger partial charge on any atom is -0.314 e. The van der Waals surface area contributed by atoms with Crippen LogP contribution in [0.3, 0.4) is 0 Å². The Morgan fingerprint density at radius 1 is 1.05 bits per heavy atom. The second kappa shape index (κ2) is 7.64. The zero-order chi connectivity index (χ0) is 13.7. The molecule has 2 nitrogen and oxygen atoms in total. The molecule has 2 unspecified atom stereocenters. The first-order chi connectivity index (χ1) is 9.19. The third-order valence-electron chi connectivity index (χ3n) is 5.31. The first-order valence-corrected chi connectivity index (χ1v) is 8.66. The van der Waals surface area contributed by atoms with Gasteiger partial charge in [0.05, 0.1) is 0 Å². The van der Waals surface area contributed by atoms with Crippen LogP contribution in [-0.2, 0) is 0 Å². The lowest BCUT2D eigenvalue weighted by molar-refractivity contribution is 0.0880. The number of hydrogen-bond donors (Lipinski definition) is 1. The normalized spacial score (nSPS) is 30.9. The Morgan fingerprint density at radius 3 is 2.42 bits per heavy atom. The lowest BCUT2D eigenvalue weighted by Gasteiger charge is -2.41. The first kappa shape index (κ1) is 15.3. The number of piperidine rings is 1. The van der Waals surface area contributed by atoms with Crippen LogP contribution in [0.2, 0.25) is 0 Å². The summed E-state index contributed by atoms with van der Waals surface area (Å²) in [5.74, 6) is 1.93. The van der Waals surface area contributed by atoms with Crippen molar-refractivity contribution in [2.75, 3.05) is 19.6 Å². The highest BCUT2D eigenvalue weighted by atomic mass is 15.2. The number of nitrogens with one attached hydrogen (secondary N) is 1. The molecule has 2 fully saturated rings. The van der Waals surface area contributed by atoms with E-state index in [9.17, 15) is 0 Å². The maximum Gasteiger partial charge on any atom is 0.00978 e. The predicted molar refractivity (Wildman–Crippen MR) is 83.5 cm³/mol. The maximum absolute atomic E-state index is 3.61. The third-order valence-corrected chi connectivity index (χ3v) is 5.31. The molecule has 19 heavy (non-hydrogen) atoms. The average molecular weight is 266 g/mol. The first-order valence-electron chi connectivity index (χ1n) is 8.66. The molecule has 0 spiro atoms. The Hall–Kier alpha value is -0.0800. The zero-order valence-electron chi connectivity index (χ0n) is 13.3. The van der Waals surface area contributed by atoms with Crippen LogP contribution in [0, 0.1) is 11.8 Å². The Labute approximate surface area is 120 Å². The van der Waals surface area contributed by atoms with Crippen molar-refractivity contribution in [3.8, 4) is 0 Å². The van der Waals surface area contributed by atoms with E-state index in [0.29, 0.717) is 6.04 Å². The molecule has 2 heteroatoms. The van der Waals surface area contributed by atoms with Gasteiger partial charge in [-0.05, 0) is 57.2 Å². The van der Waals surface area contributed by atoms with E-state index in [-0.39, 0.29) is 0 Å². The quantitative estimate of drug-likeness (QED) is 0.817. The maximum atomic E-state index is 3.61. The van der Waals surface area contributed by atoms with E-state index in [1.54, 1.807) is 0 Å². The summed E-state index contributed by atoms with van der Waals surface area (Å²) in [6, 6.07) is 1.55. The fraction of sp³-hybridized carbons (Fsp3) is 1.00. The highest BCUT2D eigenvalue weighted by molar-refractivity contribution is 4.84. The van der Waals surface area contributed by atoms with Gasteiger partial charge in [0.15, 0.2) is 0 Å². The summed E-state index contributed by atoms with van der Waals surface area (Å²) in [6.45, 7) is 10.8. The van der Waals surface area contributed by atoms with Crippen LogP contribution < -0.4 is 5.32 Å². The molecule has 0 aromatic rings. The molecule has 2 rings (SSSR count). The summed E-state index contributed by atoms with van der Waals surface area (Å²) in [5.41, 5.74) is 0. The summed E-state index contributed by atoms with van der Waals surface area (Å²) in [6.07, 6.45) is 10.1. The van der Waals surface area contributed by atoms with Crippen molar-refractivity contribution in [2.24, 2.45) is 11.8 Å². The van der Waals surface area contributed by atoms with Gasteiger partial charge in [-0.15, -0.1) is 0 Å². The lowest BCUT2D eigenvalue weighted by atomic mass is 9.82. The van der Waals surface area contributed by atoms with Crippen LogP contribution in [0.4, 0.5) is 0 Å². The van der Waals surface area contributed by atoms with Gasteiger partial charge in [0.2, 0.25) is 0 Å². The third kappa shape index (κ3) is 4.75. The molecule has 0 radical (unpaired) electrons. The number of rotatable bonds is 5. The monoisotopic (exact) mass is 266 g/mol. The van der Waals surface area contributed by atoms with Crippen molar-refractivity contribution < 1.29 is 0 Å². The Kier molecular flexibility index (Phi) is 6.15. The zero-order valence-corrected chi connectivity index (χ0v) is 13.3. The minimum atomic E-state index is 0.640. The Morgan fingerprint density at radius 2 is 1.79 bits per heavy atom. The number of likely N-dealkylation sites (tertiary alicyclic amines) is 1. The minimum absolute atomic E-state index is 0.640. The molecular weight excluding hydrogens is 232 g/mol. The fourth-order valence-electron chi connectivity index (χ4n) is 3.89. The molecule has 0 bridgehead atoms. The SMILES string of the molecule is CCC1CCCC(N2CCC(CNC(C)C)CC2)C1. The molecule has 112 valence electrons. The average Bonchev–Trinajstić information content (AvgIpc) is 2.45. The van der Waals surface area contributed by atoms with Crippen LogP contribution >= 0.6 is 0 Å². The van der Waals surface area contributed by atoms with Crippen molar-refractivity contribution in [1.82, 2.24) is 10.2 Å². The van der Waals surface area contributed by atoms with E-state index >= 15 is 0 Å². The van der Waals surface area contributed by atoms with E-state index in [2.05, 4.69) is 31.0 Å². The molecule has 1 heterocycles. The standard InChI is InChI=1S/C17H34N2/c1-4-15-6-5-7-17(12-15)19-10-8-16(9-11-19)13-18-14(2)3/h14-18H,4-13H2,1-3H3. The summed E-state index contributed by atoms with van der Waals surface area (Å²) < 4.78 is 0. The van der Waals surface area contributed by atoms with Crippen molar-refractivity contribution >= 4 is 0 Å². The second-order valence-corrected chi connectivity index (χ2v) is 7.14. The van der Waals surface area contributed by atoms with Crippen LogP contribution in [0.15, 0.2) is 0 Å². The summed E-state index contributed by atoms with van der Waals surface area (Å²) >= 11 is 0. The van der Waals surface area contributed by atoms with Gasteiger partial charge in [0.25, 0.3) is 0 Å². The highest BCUT2D eigenvalue weighted by Crippen LogP contribution is 2.31. The van der Waals surface area contributed by atoms with Gasteiger partial charge >= 0.3 is 0 Å². The molecule has 0 aromatic carbocycles. The highest BCUT2D eigenvalue weighted by Gasteiger charge is 2.28. The van der Waals surface area contributed by atoms with Gasteiger partial charge < -0.3 is 10.2 Å². The fourth-order valence-corrected chi connectivity index (χ4v) is 3.89. The second-order valence-electron chi connectivity index (χ2n) is 7.14. The smallest absolute Gasteiger partial charge is 0.00978 e.